The molecular weight excluding hydrogens is 170 g/mol. The molecule has 0 unspecified atom stereocenters. The molecular formula is C13H25N. The van der Waals surface area contributed by atoms with Crippen molar-refractivity contribution in [3.63, 3.8) is 0 Å². The van der Waals surface area contributed by atoms with Crippen molar-refractivity contribution < 1.29 is 0 Å². The monoisotopic (exact) mass is 195 g/mol. The fourth-order valence-corrected chi connectivity index (χ4v) is 1.31. The minimum absolute atomic E-state index is 0.547. The van der Waals surface area contributed by atoms with Gasteiger partial charge in [0.15, 0.2) is 0 Å². The van der Waals surface area contributed by atoms with Gasteiger partial charge < -0.3 is 5.73 Å². The maximum Gasteiger partial charge on any atom is -0.00714 e. The molecule has 0 rings (SSSR count). The van der Waals surface area contributed by atoms with E-state index in [1.807, 2.05) is 26.0 Å². The Balaban J connectivity index is 0. The third-order valence-electron chi connectivity index (χ3n) is 2.03. The molecule has 0 saturated carbocycles. The van der Waals surface area contributed by atoms with Crippen LogP contribution in [0.25, 0.3) is 0 Å². The average Bonchev–Trinajstić information content (AvgIpc) is 2.26. The zero-order valence-corrected chi connectivity index (χ0v) is 9.92. The van der Waals surface area contributed by atoms with E-state index < -0.39 is 0 Å². The topological polar surface area (TPSA) is 26.0 Å². The molecule has 0 bridgehead atoms. The minimum Gasteiger partial charge on any atom is -0.330 e. The number of hydrogen-bond donors (Lipinski definition) is 1. The first-order valence-corrected chi connectivity index (χ1v) is 5.45. The summed E-state index contributed by atoms with van der Waals surface area (Å²) in [4.78, 5) is 0. The van der Waals surface area contributed by atoms with Crippen LogP contribution in [-0.4, -0.2) is 6.54 Å². The Morgan fingerprint density at radius 1 is 1.36 bits per heavy atom. The van der Waals surface area contributed by atoms with Gasteiger partial charge >= 0.3 is 0 Å². The first-order chi connectivity index (χ1) is 6.79. The molecule has 0 aliphatic heterocycles. The second-order valence-electron chi connectivity index (χ2n) is 2.79. The van der Waals surface area contributed by atoms with Crippen LogP contribution in [0.5, 0.6) is 0 Å². The maximum atomic E-state index is 5.51. The Morgan fingerprint density at radius 3 is 2.21 bits per heavy atom. The minimum atomic E-state index is 0.547. The van der Waals surface area contributed by atoms with Crippen molar-refractivity contribution in [1.29, 1.82) is 0 Å². The predicted octanol–water partition coefficient (Wildman–Crippen LogP) is 3.69. The van der Waals surface area contributed by atoms with E-state index in [2.05, 4.69) is 20.1 Å². The van der Waals surface area contributed by atoms with Gasteiger partial charge in [0.05, 0.1) is 0 Å². The molecule has 0 aromatic rings. The quantitative estimate of drug-likeness (QED) is 0.643. The van der Waals surface area contributed by atoms with E-state index >= 15 is 0 Å². The van der Waals surface area contributed by atoms with E-state index in [0.29, 0.717) is 5.92 Å². The zero-order chi connectivity index (χ0) is 11.4. The third kappa shape index (κ3) is 6.67. The van der Waals surface area contributed by atoms with Crippen LogP contribution in [0.15, 0.2) is 37.0 Å². The van der Waals surface area contributed by atoms with Gasteiger partial charge in [-0.3, -0.25) is 0 Å². The van der Waals surface area contributed by atoms with Gasteiger partial charge in [0.25, 0.3) is 0 Å². The van der Waals surface area contributed by atoms with Crippen LogP contribution in [0.2, 0.25) is 0 Å². The van der Waals surface area contributed by atoms with Crippen molar-refractivity contribution in [3.8, 4) is 0 Å². The van der Waals surface area contributed by atoms with Crippen LogP contribution in [-0.2, 0) is 0 Å². The van der Waals surface area contributed by atoms with Crippen molar-refractivity contribution in [3.05, 3.63) is 37.0 Å². The van der Waals surface area contributed by atoms with Crippen molar-refractivity contribution in [1.82, 2.24) is 0 Å². The zero-order valence-electron chi connectivity index (χ0n) is 9.92. The van der Waals surface area contributed by atoms with Crippen molar-refractivity contribution in [2.45, 2.75) is 33.6 Å². The molecule has 0 saturated heterocycles. The molecule has 0 radical (unpaired) electrons. The number of nitrogens with two attached hydrogens (primary N) is 1. The molecule has 0 aliphatic carbocycles. The smallest absolute Gasteiger partial charge is 0.00714 e. The molecule has 0 spiro atoms. The summed E-state index contributed by atoms with van der Waals surface area (Å²) in [5.41, 5.74) is 6.75. The highest BCUT2D eigenvalue weighted by Crippen LogP contribution is 2.19. The van der Waals surface area contributed by atoms with Gasteiger partial charge in [-0.2, -0.15) is 0 Å². The molecule has 1 atom stereocenters. The van der Waals surface area contributed by atoms with E-state index in [0.717, 1.165) is 19.4 Å². The van der Waals surface area contributed by atoms with E-state index in [4.69, 9.17) is 5.73 Å². The normalized spacial score (nSPS) is 12.4. The van der Waals surface area contributed by atoms with Gasteiger partial charge in [-0.05, 0) is 30.9 Å². The molecule has 0 heterocycles. The van der Waals surface area contributed by atoms with Gasteiger partial charge in [0.2, 0.25) is 0 Å². The van der Waals surface area contributed by atoms with E-state index in [1.54, 1.807) is 6.08 Å². The molecule has 1 nitrogen and oxygen atoms in total. The van der Waals surface area contributed by atoms with Gasteiger partial charge in [-0.1, -0.05) is 52.2 Å². The second kappa shape index (κ2) is 12.2. The first kappa shape index (κ1) is 15.6. The Bertz CT molecular complexity index is 168. The molecule has 0 fully saturated rings. The summed E-state index contributed by atoms with van der Waals surface area (Å²) in [7, 11) is 0. The van der Waals surface area contributed by atoms with Gasteiger partial charge in [0.1, 0.15) is 0 Å². The molecule has 0 amide bonds. The summed E-state index contributed by atoms with van der Waals surface area (Å²) in [5.74, 6) is 0.547. The van der Waals surface area contributed by atoms with Crippen molar-refractivity contribution in [2.75, 3.05) is 6.54 Å². The number of hydrogen-bond acceptors (Lipinski definition) is 1. The summed E-state index contributed by atoms with van der Waals surface area (Å²) in [5, 5.41) is 0. The van der Waals surface area contributed by atoms with E-state index in [9.17, 15) is 0 Å². The second-order valence-corrected chi connectivity index (χ2v) is 2.79. The molecule has 1 heteroatoms. The fraction of sp³-hybridized carbons (Fsp3) is 0.538. The summed E-state index contributed by atoms with van der Waals surface area (Å²) in [6, 6.07) is 0. The molecule has 0 aromatic carbocycles. The SMILES string of the molecule is C=C/C=C(\C=C)[C@H](CC)CCN.CC. The molecule has 0 aliphatic rings. The van der Waals surface area contributed by atoms with Gasteiger partial charge in [0, 0.05) is 0 Å². The largest absolute Gasteiger partial charge is 0.330 e. The van der Waals surface area contributed by atoms with Crippen LogP contribution in [0.1, 0.15) is 33.6 Å². The molecule has 82 valence electrons. The van der Waals surface area contributed by atoms with Crippen LogP contribution in [0.4, 0.5) is 0 Å². The molecule has 0 aromatic heterocycles. The maximum absolute atomic E-state index is 5.51. The summed E-state index contributed by atoms with van der Waals surface area (Å²) < 4.78 is 0. The van der Waals surface area contributed by atoms with Crippen molar-refractivity contribution in [2.24, 2.45) is 11.7 Å². The Hall–Kier alpha value is -0.820. The van der Waals surface area contributed by atoms with E-state index in [-0.39, 0.29) is 0 Å². The first-order valence-electron chi connectivity index (χ1n) is 5.45. The van der Waals surface area contributed by atoms with Crippen LogP contribution >= 0.6 is 0 Å². The summed E-state index contributed by atoms with van der Waals surface area (Å²) in [6.07, 6.45) is 7.85. The summed E-state index contributed by atoms with van der Waals surface area (Å²) in [6.45, 7) is 14.3. The Labute approximate surface area is 89.4 Å². The van der Waals surface area contributed by atoms with Crippen LogP contribution in [0.3, 0.4) is 0 Å². The highest BCUT2D eigenvalue weighted by Gasteiger charge is 2.06. The lowest BCUT2D eigenvalue weighted by molar-refractivity contribution is 0.561. The lowest BCUT2D eigenvalue weighted by atomic mass is 9.92. The van der Waals surface area contributed by atoms with Crippen molar-refractivity contribution >= 4 is 0 Å². The summed E-state index contributed by atoms with van der Waals surface area (Å²) >= 11 is 0. The highest BCUT2D eigenvalue weighted by molar-refractivity contribution is 5.23. The van der Waals surface area contributed by atoms with Gasteiger partial charge in [-0.15, -0.1) is 0 Å². The highest BCUT2D eigenvalue weighted by atomic mass is 14.5. The molecule has 14 heavy (non-hydrogen) atoms. The van der Waals surface area contributed by atoms with Crippen LogP contribution in [0, 0.1) is 5.92 Å². The fourth-order valence-electron chi connectivity index (χ4n) is 1.31. The predicted molar refractivity (Wildman–Crippen MR) is 67.3 cm³/mol. The van der Waals surface area contributed by atoms with E-state index in [1.165, 1.54) is 5.57 Å². The number of rotatable bonds is 6. The lowest BCUT2D eigenvalue weighted by Crippen LogP contribution is -2.09. The standard InChI is InChI=1S/C11H19N.C2H6/c1-4-7-10(5-2)11(6-3)8-9-12;1-2/h4-5,7,11H,1-2,6,8-9,12H2,3H3;1-2H3/b10-7+;/t11-;/m1./s1. The average molecular weight is 195 g/mol. The lowest BCUT2D eigenvalue weighted by Gasteiger charge is -2.14. The Morgan fingerprint density at radius 2 is 1.93 bits per heavy atom. The number of allylic oxidation sites excluding steroid dienone is 4. The molecule has 2 N–H and O–H groups in total. The van der Waals surface area contributed by atoms with Crippen LogP contribution < -0.4 is 5.73 Å². The van der Waals surface area contributed by atoms with Gasteiger partial charge in [-0.25, -0.2) is 0 Å². The third-order valence-corrected chi connectivity index (χ3v) is 2.03. The Kier molecular flexibility index (Phi) is 13.6.